The molecule has 1 fully saturated rings. The molecular formula is C22H23N3O3. The van der Waals surface area contributed by atoms with E-state index in [1.807, 2.05) is 54.6 Å². The number of amides is 2. The van der Waals surface area contributed by atoms with Crippen LogP contribution in [0.3, 0.4) is 0 Å². The van der Waals surface area contributed by atoms with Gasteiger partial charge in [-0.3, -0.25) is 9.59 Å². The first-order valence-corrected chi connectivity index (χ1v) is 9.46. The van der Waals surface area contributed by atoms with Crippen molar-refractivity contribution in [3.05, 3.63) is 60.3 Å². The van der Waals surface area contributed by atoms with Gasteiger partial charge in [-0.1, -0.05) is 18.2 Å². The third-order valence-electron chi connectivity index (χ3n) is 5.20. The van der Waals surface area contributed by atoms with Crippen molar-refractivity contribution in [2.75, 3.05) is 25.5 Å². The summed E-state index contributed by atoms with van der Waals surface area (Å²) in [4.78, 5) is 30.5. The van der Waals surface area contributed by atoms with Gasteiger partial charge in [0.2, 0.25) is 5.91 Å². The number of aromatic amines is 1. The third-order valence-corrected chi connectivity index (χ3v) is 5.20. The summed E-state index contributed by atoms with van der Waals surface area (Å²) in [5.74, 6) is 0.410. The van der Waals surface area contributed by atoms with E-state index in [2.05, 4.69) is 10.3 Å². The average Bonchev–Trinajstić information content (AvgIpc) is 3.18. The van der Waals surface area contributed by atoms with Gasteiger partial charge in [-0.05, 0) is 49.2 Å². The number of para-hydroxylation sites is 1. The summed E-state index contributed by atoms with van der Waals surface area (Å²) < 4.78 is 5.13. The Bertz CT molecular complexity index is 961. The molecule has 2 aromatic carbocycles. The predicted molar refractivity (Wildman–Crippen MR) is 109 cm³/mol. The number of aromatic nitrogens is 1. The van der Waals surface area contributed by atoms with Crippen LogP contribution in [0.2, 0.25) is 0 Å². The van der Waals surface area contributed by atoms with Gasteiger partial charge in [0, 0.05) is 29.7 Å². The van der Waals surface area contributed by atoms with Gasteiger partial charge < -0.3 is 19.9 Å². The summed E-state index contributed by atoms with van der Waals surface area (Å²) in [6, 6.07) is 16.9. The lowest BCUT2D eigenvalue weighted by atomic mass is 9.96. The van der Waals surface area contributed by atoms with Gasteiger partial charge in [0.15, 0.2) is 0 Å². The zero-order chi connectivity index (χ0) is 19.5. The van der Waals surface area contributed by atoms with Gasteiger partial charge in [0.05, 0.1) is 13.0 Å². The third kappa shape index (κ3) is 3.71. The molecule has 1 atom stereocenters. The van der Waals surface area contributed by atoms with Crippen LogP contribution in [-0.2, 0) is 4.79 Å². The number of ether oxygens (including phenoxy) is 1. The molecule has 2 N–H and O–H groups in total. The molecule has 1 saturated heterocycles. The van der Waals surface area contributed by atoms with Gasteiger partial charge in [-0.25, -0.2) is 0 Å². The number of methoxy groups -OCH3 is 1. The number of benzene rings is 2. The van der Waals surface area contributed by atoms with Crippen LogP contribution in [0.4, 0.5) is 5.69 Å². The fourth-order valence-corrected chi connectivity index (χ4v) is 3.65. The van der Waals surface area contributed by atoms with Gasteiger partial charge in [0.25, 0.3) is 5.91 Å². The van der Waals surface area contributed by atoms with E-state index in [9.17, 15) is 9.59 Å². The number of hydrogen-bond donors (Lipinski definition) is 2. The number of fused-ring (bicyclic) bond motifs is 1. The number of H-pyrrole nitrogens is 1. The molecule has 0 spiro atoms. The molecule has 28 heavy (non-hydrogen) atoms. The van der Waals surface area contributed by atoms with Gasteiger partial charge in [0.1, 0.15) is 11.4 Å². The molecule has 3 aromatic rings. The SMILES string of the molecule is COc1ccc(NC(=O)C2CCCN(C(=O)c3cc4ccccc4[nH]3)C2)cc1. The van der Waals surface area contributed by atoms with Crippen molar-refractivity contribution in [1.82, 2.24) is 9.88 Å². The Morgan fingerprint density at radius 2 is 1.93 bits per heavy atom. The first-order chi connectivity index (χ1) is 13.6. The van der Waals surface area contributed by atoms with Gasteiger partial charge in [-0.15, -0.1) is 0 Å². The minimum Gasteiger partial charge on any atom is -0.497 e. The van der Waals surface area contributed by atoms with Crippen molar-refractivity contribution in [3.8, 4) is 5.75 Å². The number of carbonyl (C=O) groups is 2. The Labute approximate surface area is 163 Å². The molecule has 2 heterocycles. The van der Waals surface area contributed by atoms with Crippen LogP contribution < -0.4 is 10.1 Å². The summed E-state index contributed by atoms with van der Waals surface area (Å²) in [7, 11) is 1.61. The van der Waals surface area contributed by atoms with E-state index in [0.717, 1.165) is 35.2 Å². The highest BCUT2D eigenvalue weighted by atomic mass is 16.5. The van der Waals surface area contributed by atoms with Crippen molar-refractivity contribution < 1.29 is 14.3 Å². The van der Waals surface area contributed by atoms with Crippen LogP contribution in [-0.4, -0.2) is 41.9 Å². The summed E-state index contributed by atoms with van der Waals surface area (Å²) >= 11 is 0. The monoisotopic (exact) mass is 377 g/mol. The first-order valence-electron chi connectivity index (χ1n) is 9.46. The maximum atomic E-state index is 12.9. The normalized spacial score (nSPS) is 16.8. The Balaban J connectivity index is 1.42. The lowest BCUT2D eigenvalue weighted by Crippen LogP contribution is -2.43. The molecule has 1 unspecified atom stereocenters. The lowest BCUT2D eigenvalue weighted by Gasteiger charge is -2.31. The number of rotatable bonds is 4. The number of carbonyl (C=O) groups excluding carboxylic acids is 2. The minimum atomic E-state index is -0.218. The molecule has 2 amide bonds. The number of anilines is 1. The maximum Gasteiger partial charge on any atom is 0.270 e. The molecule has 144 valence electrons. The van der Waals surface area contributed by atoms with Crippen LogP contribution in [0.25, 0.3) is 10.9 Å². The lowest BCUT2D eigenvalue weighted by molar-refractivity contribution is -0.121. The van der Waals surface area contributed by atoms with E-state index in [4.69, 9.17) is 4.74 Å². The number of piperidine rings is 1. The van der Waals surface area contributed by atoms with E-state index in [1.54, 1.807) is 12.0 Å². The zero-order valence-corrected chi connectivity index (χ0v) is 15.8. The van der Waals surface area contributed by atoms with E-state index in [1.165, 1.54) is 0 Å². The largest absolute Gasteiger partial charge is 0.497 e. The smallest absolute Gasteiger partial charge is 0.270 e. The van der Waals surface area contributed by atoms with Crippen LogP contribution in [0.15, 0.2) is 54.6 Å². The van der Waals surface area contributed by atoms with Crippen molar-refractivity contribution in [2.24, 2.45) is 5.92 Å². The van der Waals surface area contributed by atoms with Crippen LogP contribution in [0, 0.1) is 5.92 Å². The molecular weight excluding hydrogens is 354 g/mol. The van der Waals surface area contributed by atoms with Crippen molar-refractivity contribution in [2.45, 2.75) is 12.8 Å². The molecule has 0 bridgehead atoms. The average molecular weight is 377 g/mol. The number of likely N-dealkylation sites (tertiary alicyclic amines) is 1. The highest BCUT2D eigenvalue weighted by molar-refractivity contribution is 5.99. The summed E-state index contributed by atoms with van der Waals surface area (Å²) in [5.41, 5.74) is 2.24. The fraction of sp³-hybridized carbons (Fsp3) is 0.273. The topological polar surface area (TPSA) is 74.4 Å². The first kappa shape index (κ1) is 18.1. The van der Waals surface area contributed by atoms with E-state index < -0.39 is 0 Å². The van der Waals surface area contributed by atoms with Crippen LogP contribution in [0.1, 0.15) is 23.3 Å². The maximum absolute atomic E-state index is 12.9. The second kappa shape index (κ2) is 7.76. The predicted octanol–water partition coefficient (Wildman–Crippen LogP) is 3.67. The standard InChI is InChI=1S/C22H23N3O3/c1-28-18-10-8-17(9-11-18)23-21(26)16-6-4-12-25(14-16)22(27)20-13-15-5-2-3-7-19(15)24-20/h2-3,5,7-11,13,16,24H,4,6,12,14H2,1H3,(H,23,26). The molecule has 0 saturated carbocycles. The Hall–Kier alpha value is -3.28. The molecule has 4 rings (SSSR count). The second-order valence-corrected chi connectivity index (χ2v) is 7.08. The van der Waals surface area contributed by atoms with Crippen LogP contribution >= 0.6 is 0 Å². The summed E-state index contributed by atoms with van der Waals surface area (Å²) in [5, 5.41) is 3.95. The Morgan fingerprint density at radius 1 is 1.14 bits per heavy atom. The fourth-order valence-electron chi connectivity index (χ4n) is 3.65. The summed E-state index contributed by atoms with van der Waals surface area (Å²) in [6.07, 6.45) is 1.59. The molecule has 0 aliphatic carbocycles. The highest BCUT2D eigenvalue weighted by Gasteiger charge is 2.29. The van der Waals surface area contributed by atoms with Gasteiger partial charge in [-0.2, -0.15) is 0 Å². The van der Waals surface area contributed by atoms with Crippen LogP contribution in [0.5, 0.6) is 5.75 Å². The number of hydrogen-bond acceptors (Lipinski definition) is 3. The molecule has 6 nitrogen and oxygen atoms in total. The molecule has 6 heteroatoms. The second-order valence-electron chi connectivity index (χ2n) is 7.08. The number of nitrogens with zero attached hydrogens (tertiary/aromatic N) is 1. The molecule has 1 aliphatic rings. The van der Waals surface area contributed by atoms with Crippen molar-refractivity contribution >= 4 is 28.4 Å². The molecule has 0 radical (unpaired) electrons. The van der Waals surface area contributed by atoms with Gasteiger partial charge >= 0.3 is 0 Å². The number of nitrogens with one attached hydrogen (secondary N) is 2. The Kier molecular flexibility index (Phi) is 5.02. The minimum absolute atomic E-state index is 0.0562. The van der Waals surface area contributed by atoms with E-state index in [-0.39, 0.29) is 17.7 Å². The molecule has 1 aliphatic heterocycles. The van der Waals surface area contributed by atoms with Crippen molar-refractivity contribution in [3.63, 3.8) is 0 Å². The van der Waals surface area contributed by atoms with E-state index >= 15 is 0 Å². The quantitative estimate of drug-likeness (QED) is 0.729. The summed E-state index contributed by atoms with van der Waals surface area (Å²) in [6.45, 7) is 1.09. The Morgan fingerprint density at radius 3 is 2.68 bits per heavy atom. The van der Waals surface area contributed by atoms with E-state index in [0.29, 0.717) is 18.8 Å². The highest BCUT2D eigenvalue weighted by Crippen LogP contribution is 2.23. The van der Waals surface area contributed by atoms with Crippen molar-refractivity contribution in [1.29, 1.82) is 0 Å². The zero-order valence-electron chi connectivity index (χ0n) is 15.8. The molecule has 1 aromatic heterocycles.